The number of hydrogen-bond donors (Lipinski definition) is 1. The van der Waals surface area contributed by atoms with Crippen molar-refractivity contribution >= 4 is 10.9 Å². The first kappa shape index (κ1) is 11.0. The number of benzene rings is 2. The minimum absolute atomic E-state index is 0.269. The van der Waals surface area contributed by atoms with Gasteiger partial charge in [0, 0.05) is 5.75 Å². The van der Waals surface area contributed by atoms with E-state index in [-0.39, 0.29) is 10.9 Å². The zero-order valence-electron chi connectivity index (χ0n) is 9.21. The fraction of sp³-hybridized carbons (Fsp3) is 0.0667. The van der Waals surface area contributed by atoms with Gasteiger partial charge < -0.3 is 0 Å². The van der Waals surface area contributed by atoms with Gasteiger partial charge in [0.05, 0.1) is 0 Å². The van der Waals surface area contributed by atoms with Gasteiger partial charge in [-0.15, -0.1) is 6.58 Å². The summed E-state index contributed by atoms with van der Waals surface area (Å²) >= 11 is 0. The molecule has 0 saturated carbocycles. The molecule has 2 rings (SSSR count). The lowest BCUT2D eigenvalue weighted by atomic mass is 10.4. The predicted octanol–water partition coefficient (Wildman–Crippen LogP) is 4.29. The molecule has 2 aromatic rings. The maximum Gasteiger partial charge on any atom is 0.000327 e. The molecule has 0 saturated heterocycles. The summed E-state index contributed by atoms with van der Waals surface area (Å²) in [5.74, 6) is 1.04. The molecule has 82 valence electrons. The van der Waals surface area contributed by atoms with Crippen LogP contribution >= 0.6 is 10.9 Å². The van der Waals surface area contributed by atoms with Crippen molar-refractivity contribution in [1.82, 2.24) is 0 Å². The van der Waals surface area contributed by atoms with Crippen molar-refractivity contribution in [3.05, 3.63) is 73.3 Å². The lowest BCUT2D eigenvalue weighted by Crippen LogP contribution is -1.88. The average molecular weight is 228 g/mol. The van der Waals surface area contributed by atoms with Crippen LogP contribution in [0.2, 0.25) is 0 Å². The highest BCUT2D eigenvalue weighted by Gasteiger charge is 2.06. The van der Waals surface area contributed by atoms with Crippen LogP contribution in [0.4, 0.5) is 0 Å². The lowest BCUT2D eigenvalue weighted by Gasteiger charge is -2.20. The fourth-order valence-corrected chi connectivity index (χ4v) is 3.75. The van der Waals surface area contributed by atoms with Crippen molar-refractivity contribution < 1.29 is 0 Å². The van der Waals surface area contributed by atoms with Crippen molar-refractivity contribution in [2.24, 2.45) is 0 Å². The summed E-state index contributed by atoms with van der Waals surface area (Å²) in [5.41, 5.74) is 0. The lowest BCUT2D eigenvalue weighted by molar-refractivity contribution is 1.37. The summed E-state index contributed by atoms with van der Waals surface area (Å²) in [5, 5.41) is 0. The summed E-state index contributed by atoms with van der Waals surface area (Å²) in [6, 6.07) is 21.4. The summed E-state index contributed by atoms with van der Waals surface area (Å²) in [6.07, 6.45) is 2.02. The molecule has 0 aliphatic heterocycles. The van der Waals surface area contributed by atoms with Gasteiger partial charge in [0.1, 0.15) is 0 Å². The molecule has 0 aliphatic rings. The Morgan fingerprint density at radius 3 is 1.62 bits per heavy atom. The fourth-order valence-electron chi connectivity index (χ4n) is 1.70. The standard InChI is InChI=1S/C15H16S/c1-2-13-16(14-9-5-3-6-10-14)15-11-7-4-8-12-15/h2-12,16H,1,13H2. The molecule has 0 radical (unpaired) electrons. The van der Waals surface area contributed by atoms with Gasteiger partial charge in [-0.2, -0.15) is 10.9 Å². The molecule has 0 bridgehead atoms. The van der Waals surface area contributed by atoms with E-state index >= 15 is 0 Å². The first-order chi connectivity index (χ1) is 7.92. The zero-order valence-corrected chi connectivity index (χ0v) is 10.1. The van der Waals surface area contributed by atoms with Crippen LogP contribution in [0.5, 0.6) is 0 Å². The van der Waals surface area contributed by atoms with Crippen LogP contribution in [0, 0.1) is 0 Å². The van der Waals surface area contributed by atoms with Crippen LogP contribution in [0.3, 0.4) is 0 Å². The highest BCUT2D eigenvalue weighted by Crippen LogP contribution is 2.43. The third-order valence-corrected chi connectivity index (χ3v) is 4.91. The molecule has 0 nitrogen and oxygen atoms in total. The van der Waals surface area contributed by atoms with E-state index in [1.807, 2.05) is 6.08 Å². The number of thiol groups is 1. The largest absolute Gasteiger partial charge is 0.196 e. The molecule has 0 amide bonds. The monoisotopic (exact) mass is 228 g/mol. The molecule has 0 fully saturated rings. The van der Waals surface area contributed by atoms with E-state index in [9.17, 15) is 0 Å². The Bertz CT molecular complexity index is 394. The van der Waals surface area contributed by atoms with E-state index in [0.717, 1.165) is 5.75 Å². The summed E-state index contributed by atoms with van der Waals surface area (Å²) < 4.78 is 0. The zero-order chi connectivity index (χ0) is 11.2. The van der Waals surface area contributed by atoms with Crippen molar-refractivity contribution in [2.75, 3.05) is 5.75 Å². The second-order valence-electron chi connectivity index (χ2n) is 3.57. The van der Waals surface area contributed by atoms with Gasteiger partial charge in [0.25, 0.3) is 0 Å². The molecular weight excluding hydrogens is 212 g/mol. The van der Waals surface area contributed by atoms with Crippen LogP contribution in [0.15, 0.2) is 83.1 Å². The Labute approximate surface area is 100.0 Å². The smallest absolute Gasteiger partial charge is 0.000327 e. The van der Waals surface area contributed by atoms with E-state index in [4.69, 9.17) is 0 Å². The van der Waals surface area contributed by atoms with Crippen molar-refractivity contribution in [2.45, 2.75) is 9.79 Å². The first-order valence-corrected chi connectivity index (χ1v) is 6.93. The second-order valence-corrected chi connectivity index (χ2v) is 5.82. The maximum atomic E-state index is 3.87. The Hall–Kier alpha value is -1.47. The van der Waals surface area contributed by atoms with Crippen LogP contribution in [-0.2, 0) is 0 Å². The van der Waals surface area contributed by atoms with Crippen LogP contribution in [0.25, 0.3) is 0 Å². The molecule has 0 atom stereocenters. The highest BCUT2D eigenvalue weighted by molar-refractivity contribution is 8.17. The molecule has 0 aromatic heterocycles. The molecule has 0 unspecified atom stereocenters. The molecule has 16 heavy (non-hydrogen) atoms. The van der Waals surface area contributed by atoms with E-state index in [1.165, 1.54) is 9.79 Å². The Morgan fingerprint density at radius 2 is 1.25 bits per heavy atom. The summed E-state index contributed by atoms with van der Waals surface area (Å²) in [7, 11) is -0.269. The minimum atomic E-state index is -0.269. The molecule has 0 aliphatic carbocycles. The number of hydrogen-bond acceptors (Lipinski definition) is 0. The topological polar surface area (TPSA) is 0 Å². The van der Waals surface area contributed by atoms with Gasteiger partial charge in [0.2, 0.25) is 0 Å². The third-order valence-electron chi connectivity index (χ3n) is 2.45. The molecule has 2 aromatic carbocycles. The third kappa shape index (κ3) is 2.56. The summed E-state index contributed by atoms with van der Waals surface area (Å²) in [6.45, 7) is 3.87. The van der Waals surface area contributed by atoms with Crippen LogP contribution in [-0.4, -0.2) is 5.75 Å². The molecule has 0 heterocycles. The average Bonchev–Trinajstić information content (AvgIpc) is 2.38. The molecular formula is C15H16S. The Morgan fingerprint density at radius 1 is 0.812 bits per heavy atom. The van der Waals surface area contributed by atoms with Gasteiger partial charge in [0.15, 0.2) is 0 Å². The Balaban J connectivity index is 2.35. The maximum absolute atomic E-state index is 3.87. The summed E-state index contributed by atoms with van der Waals surface area (Å²) in [4.78, 5) is 2.84. The number of rotatable bonds is 4. The quantitative estimate of drug-likeness (QED) is 0.585. The van der Waals surface area contributed by atoms with Gasteiger partial charge >= 0.3 is 0 Å². The van der Waals surface area contributed by atoms with E-state index in [2.05, 4.69) is 67.2 Å². The van der Waals surface area contributed by atoms with Crippen molar-refractivity contribution in [3.63, 3.8) is 0 Å². The van der Waals surface area contributed by atoms with Gasteiger partial charge in [-0.25, -0.2) is 0 Å². The van der Waals surface area contributed by atoms with E-state index in [0.29, 0.717) is 0 Å². The van der Waals surface area contributed by atoms with E-state index in [1.54, 1.807) is 0 Å². The van der Waals surface area contributed by atoms with Crippen LogP contribution < -0.4 is 0 Å². The molecule has 0 spiro atoms. The first-order valence-electron chi connectivity index (χ1n) is 5.40. The van der Waals surface area contributed by atoms with E-state index < -0.39 is 0 Å². The van der Waals surface area contributed by atoms with Crippen molar-refractivity contribution in [3.8, 4) is 0 Å². The van der Waals surface area contributed by atoms with Gasteiger partial charge in [-0.05, 0) is 34.1 Å². The Kier molecular flexibility index (Phi) is 3.84. The van der Waals surface area contributed by atoms with Gasteiger partial charge in [-0.1, -0.05) is 42.5 Å². The SMILES string of the molecule is C=CC[SH](c1ccccc1)c1ccccc1. The highest BCUT2D eigenvalue weighted by atomic mass is 32.2. The van der Waals surface area contributed by atoms with Crippen LogP contribution in [0.1, 0.15) is 0 Å². The van der Waals surface area contributed by atoms with Crippen molar-refractivity contribution in [1.29, 1.82) is 0 Å². The predicted molar refractivity (Wildman–Crippen MR) is 73.5 cm³/mol. The minimum Gasteiger partial charge on any atom is -0.196 e. The molecule has 0 N–H and O–H groups in total. The second kappa shape index (κ2) is 5.57. The van der Waals surface area contributed by atoms with Gasteiger partial charge in [-0.3, -0.25) is 0 Å². The normalized spacial score (nSPS) is 10.9. The molecule has 1 heteroatoms.